The molecule has 3 heterocycles. The molecule has 61 heavy (non-hydrogen) atoms. The number of rotatable bonds is 12. The Labute approximate surface area is 352 Å². The third kappa shape index (κ3) is 7.86. The van der Waals surface area contributed by atoms with Crippen molar-refractivity contribution in [2.75, 3.05) is 11.0 Å². The van der Waals surface area contributed by atoms with Crippen molar-refractivity contribution in [3.63, 3.8) is 0 Å². The standard InChI is InChI=1S/C41H38ClF6N7O4S2/c1-40(2,61(58,59)24-7-8-24)13-12-23-6-9-25(26-10-11-29(42)33-36(26)54(3)52-39(33)53-60(4,5)57)34(49-23)30(16-20-14-21(43)17-22(44)15-20)50-31(56)19-55-37-32(35(51-55)38(45)46)27-18-28(27)41(37,47)48/h6,9-11,14-15,17,24,27-28,30,38H,4,7-8,16,18-19H2,1-3,5H3,(H,50,56)(H,52,53,57)/t27-,28+,30-,60?/m0/s1. The molecule has 8 rings (SSSR count). The number of carbonyl (C=O) groups is 1. The van der Waals surface area contributed by atoms with Crippen LogP contribution in [0, 0.1) is 29.4 Å². The molecule has 0 aliphatic heterocycles. The second kappa shape index (κ2) is 14.8. The number of aromatic nitrogens is 5. The van der Waals surface area contributed by atoms with Crippen LogP contribution in [0.3, 0.4) is 0 Å². The molecule has 0 saturated heterocycles. The van der Waals surface area contributed by atoms with Gasteiger partial charge in [0.05, 0.1) is 32.9 Å². The van der Waals surface area contributed by atoms with Crippen LogP contribution in [0.15, 0.2) is 42.5 Å². The first-order valence-electron chi connectivity index (χ1n) is 19.0. The van der Waals surface area contributed by atoms with Gasteiger partial charge in [-0.15, -0.1) is 0 Å². The van der Waals surface area contributed by atoms with Crippen molar-refractivity contribution >= 4 is 59.6 Å². The van der Waals surface area contributed by atoms with Gasteiger partial charge in [-0.3, -0.25) is 18.9 Å². The largest absolute Gasteiger partial charge is 0.346 e. The zero-order chi connectivity index (χ0) is 44.1. The van der Waals surface area contributed by atoms with E-state index in [-0.39, 0.29) is 51.8 Å². The summed E-state index contributed by atoms with van der Waals surface area (Å²) >= 11 is 6.69. The van der Waals surface area contributed by atoms with Crippen molar-refractivity contribution < 1.29 is 43.8 Å². The monoisotopic (exact) mass is 905 g/mol. The van der Waals surface area contributed by atoms with Crippen molar-refractivity contribution in [2.45, 2.75) is 80.4 Å². The minimum absolute atomic E-state index is 0.0140. The molecule has 2 aromatic carbocycles. The summed E-state index contributed by atoms with van der Waals surface area (Å²) in [5.74, 6) is 1.07. The smallest absolute Gasteiger partial charge is 0.293 e. The number of aryl methyl sites for hydroxylation is 1. The molecule has 2 fully saturated rings. The van der Waals surface area contributed by atoms with Gasteiger partial charge in [0.2, 0.25) is 5.91 Å². The van der Waals surface area contributed by atoms with Crippen LogP contribution >= 0.6 is 11.6 Å². The molecule has 11 nitrogen and oxygen atoms in total. The molecule has 2 saturated carbocycles. The fraction of sp³-hybridized carbons (Fsp3) is 0.390. The molecule has 5 aromatic rings. The van der Waals surface area contributed by atoms with E-state index in [1.165, 1.54) is 36.9 Å². The number of benzene rings is 2. The SMILES string of the molecule is C=S(C)(=O)Nc1nn(C)c2c(-c3ccc(C#CC(C)(C)S(=O)(=O)C4CC4)nc3[C@H](Cc3cc(F)cc(F)c3)NC(=O)Cn3nc(C(F)F)c4c3C(F)(F)[C@@H]3C[C@H]43)ccc(Cl)c12. The first kappa shape index (κ1) is 42.6. The Morgan fingerprint density at radius 1 is 1.05 bits per heavy atom. The Hall–Kier alpha value is -5.06. The summed E-state index contributed by atoms with van der Waals surface area (Å²) in [4.78, 5) is 18.9. The molecular formula is C41H38ClF6N7O4S2. The molecule has 0 bridgehead atoms. The van der Waals surface area contributed by atoms with Gasteiger partial charge in [0, 0.05) is 51.7 Å². The third-order valence-electron chi connectivity index (χ3n) is 11.1. The number of sulfone groups is 1. The Morgan fingerprint density at radius 3 is 2.36 bits per heavy atom. The first-order chi connectivity index (χ1) is 28.5. The van der Waals surface area contributed by atoms with Crippen LogP contribution in [0.25, 0.3) is 22.0 Å². The predicted molar refractivity (Wildman–Crippen MR) is 220 cm³/mol. The van der Waals surface area contributed by atoms with Gasteiger partial charge in [0.25, 0.3) is 12.3 Å². The highest BCUT2D eigenvalue weighted by Crippen LogP contribution is 2.68. The number of carbonyl (C=O) groups excluding carboxylic acids is 1. The Kier molecular flexibility index (Phi) is 10.3. The zero-order valence-electron chi connectivity index (χ0n) is 33.0. The number of pyridine rings is 1. The summed E-state index contributed by atoms with van der Waals surface area (Å²) < 4.78 is 131. The minimum Gasteiger partial charge on any atom is -0.346 e. The van der Waals surface area contributed by atoms with Gasteiger partial charge in [-0.2, -0.15) is 19.0 Å². The van der Waals surface area contributed by atoms with E-state index in [0.717, 1.165) is 12.1 Å². The van der Waals surface area contributed by atoms with Gasteiger partial charge in [0.1, 0.15) is 40.0 Å². The van der Waals surface area contributed by atoms with Gasteiger partial charge in [0.15, 0.2) is 15.7 Å². The molecule has 3 aromatic heterocycles. The lowest BCUT2D eigenvalue weighted by atomic mass is 9.93. The van der Waals surface area contributed by atoms with E-state index in [0.29, 0.717) is 40.1 Å². The van der Waals surface area contributed by atoms with Crippen LogP contribution in [0.2, 0.25) is 5.02 Å². The quantitative estimate of drug-likeness (QED) is 0.0756. The first-order valence-corrected chi connectivity index (χ1v) is 23.1. The minimum atomic E-state index is -3.66. The summed E-state index contributed by atoms with van der Waals surface area (Å²) in [6, 6.07) is 7.60. The molecular weight excluding hydrogens is 868 g/mol. The summed E-state index contributed by atoms with van der Waals surface area (Å²) in [5, 5.41) is 11.0. The van der Waals surface area contributed by atoms with Gasteiger partial charge in [-0.1, -0.05) is 23.6 Å². The molecule has 4 atom stereocenters. The van der Waals surface area contributed by atoms with E-state index in [1.807, 2.05) is 0 Å². The van der Waals surface area contributed by atoms with E-state index in [2.05, 4.69) is 37.9 Å². The van der Waals surface area contributed by atoms with Crippen LogP contribution in [-0.4, -0.2) is 65.2 Å². The van der Waals surface area contributed by atoms with Crippen molar-refractivity contribution in [1.82, 2.24) is 29.9 Å². The fourth-order valence-electron chi connectivity index (χ4n) is 8.12. The second-order valence-corrected chi connectivity index (χ2v) is 21.7. The van der Waals surface area contributed by atoms with Crippen molar-refractivity contribution in [3.8, 4) is 23.0 Å². The molecule has 322 valence electrons. The molecule has 20 heteroatoms. The normalized spacial score (nSPS) is 19.5. The van der Waals surface area contributed by atoms with Gasteiger partial charge in [-0.25, -0.2) is 35.2 Å². The molecule has 0 spiro atoms. The van der Waals surface area contributed by atoms with Crippen molar-refractivity contribution in [3.05, 3.63) is 93.0 Å². The lowest BCUT2D eigenvalue weighted by Gasteiger charge is -2.23. The second-order valence-electron chi connectivity index (χ2n) is 16.3. The Morgan fingerprint density at radius 2 is 1.72 bits per heavy atom. The number of hydrogen-bond donors (Lipinski definition) is 2. The van der Waals surface area contributed by atoms with Gasteiger partial charge >= 0.3 is 0 Å². The van der Waals surface area contributed by atoms with Crippen LogP contribution in [0.4, 0.5) is 32.2 Å². The third-order valence-corrected chi connectivity index (χ3v) is 14.9. The number of halogens is 7. The summed E-state index contributed by atoms with van der Waals surface area (Å²) in [7, 11) is -4.93. The number of hydrogen-bond acceptors (Lipinski definition) is 7. The molecule has 1 amide bonds. The summed E-state index contributed by atoms with van der Waals surface area (Å²) in [6.07, 6.45) is -1.13. The van der Waals surface area contributed by atoms with Crippen molar-refractivity contribution in [1.29, 1.82) is 0 Å². The van der Waals surface area contributed by atoms with E-state index in [4.69, 9.17) is 16.6 Å². The number of alkyl halides is 4. The predicted octanol–water partition coefficient (Wildman–Crippen LogP) is 7.39. The lowest BCUT2D eigenvalue weighted by Crippen LogP contribution is -2.35. The highest BCUT2D eigenvalue weighted by atomic mass is 35.5. The Balaban J connectivity index is 1.29. The average molecular weight is 906 g/mol. The maximum absolute atomic E-state index is 15.5. The van der Waals surface area contributed by atoms with Crippen LogP contribution in [0.5, 0.6) is 0 Å². The highest BCUT2D eigenvalue weighted by molar-refractivity contribution is 8.00. The number of anilines is 1. The number of nitrogens with zero attached hydrogens (tertiary/aromatic N) is 5. The summed E-state index contributed by atoms with van der Waals surface area (Å²) in [5.41, 5.74) is -0.692. The number of fused-ring (bicyclic) bond motifs is 4. The van der Waals surface area contributed by atoms with E-state index < -0.39 is 95.2 Å². The number of nitrogens with one attached hydrogen (secondary N) is 2. The fourth-order valence-corrected chi connectivity index (χ4v) is 10.7. The van der Waals surface area contributed by atoms with Crippen LogP contribution < -0.4 is 10.0 Å². The zero-order valence-corrected chi connectivity index (χ0v) is 35.4. The van der Waals surface area contributed by atoms with E-state index in [9.17, 15) is 35.0 Å². The van der Waals surface area contributed by atoms with Gasteiger partial charge < -0.3 is 5.32 Å². The maximum atomic E-state index is 15.5. The lowest BCUT2D eigenvalue weighted by molar-refractivity contribution is -0.123. The van der Waals surface area contributed by atoms with E-state index >= 15 is 8.78 Å². The number of amides is 1. The van der Waals surface area contributed by atoms with Gasteiger partial charge in [-0.05, 0) is 93.1 Å². The Bertz CT molecular complexity index is 2940. The van der Waals surface area contributed by atoms with Crippen LogP contribution in [-0.2, 0) is 50.3 Å². The maximum Gasteiger partial charge on any atom is 0.293 e. The van der Waals surface area contributed by atoms with Crippen LogP contribution in [0.1, 0.15) is 85.4 Å². The van der Waals surface area contributed by atoms with E-state index in [1.54, 1.807) is 19.2 Å². The topological polar surface area (TPSA) is 141 Å². The van der Waals surface area contributed by atoms with Crippen molar-refractivity contribution in [2.24, 2.45) is 13.0 Å². The molecule has 3 aliphatic rings. The molecule has 2 N–H and O–H groups in total. The average Bonchev–Trinajstić information content (AvgIpc) is 4.07. The molecule has 0 radical (unpaired) electrons. The molecule has 3 aliphatic carbocycles. The molecule has 1 unspecified atom stereocenters. The highest BCUT2D eigenvalue weighted by Gasteiger charge is 2.67. The summed E-state index contributed by atoms with van der Waals surface area (Å²) in [6.45, 7) is 2.02.